The Hall–Kier alpha value is -1.78. The van der Waals surface area contributed by atoms with Crippen LogP contribution < -0.4 is 4.90 Å². The number of hydrogen-bond acceptors (Lipinski definition) is 3. The van der Waals surface area contributed by atoms with Gasteiger partial charge in [-0.2, -0.15) is 0 Å². The molecule has 4 nitrogen and oxygen atoms in total. The maximum absolute atomic E-state index is 6.40. The zero-order chi connectivity index (χ0) is 15.1. The number of halogens is 2. The largest absolute Gasteiger partial charge is 0.357 e. The summed E-state index contributed by atoms with van der Waals surface area (Å²) >= 11 is 12.6. The number of fused-ring (bicyclic) bond motifs is 1. The smallest absolute Gasteiger partial charge is 0.131 e. The molecule has 1 aliphatic rings. The summed E-state index contributed by atoms with van der Waals surface area (Å²) in [7, 11) is 0. The van der Waals surface area contributed by atoms with E-state index in [1.807, 2.05) is 22.9 Å². The van der Waals surface area contributed by atoms with Crippen LogP contribution in [-0.2, 0) is 0 Å². The first-order valence-corrected chi connectivity index (χ1v) is 8.01. The molecule has 3 aromatic rings. The third-order valence-corrected chi connectivity index (χ3v) is 4.84. The molecule has 1 aromatic carbocycles. The van der Waals surface area contributed by atoms with Gasteiger partial charge in [0, 0.05) is 36.9 Å². The van der Waals surface area contributed by atoms with E-state index >= 15 is 0 Å². The van der Waals surface area contributed by atoms with Gasteiger partial charge < -0.3 is 9.47 Å². The normalized spacial score (nSPS) is 14.9. The van der Waals surface area contributed by atoms with Gasteiger partial charge in [0.25, 0.3) is 0 Å². The fourth-order valence-corrected chi connectivity index (χ4v) is 3.29. The van der Waals surface area contributed by atoms with Gasteiger partial charge in [0.2, 0.25) is 0 Å². The van der Waals surface area contributed by atoms with Crippen LogP contribution in [0.3, 0.4) is 0 Å². The highest BCUT2D eigenvalue weighted by atomic mass is 35.5. The first-order valence-electron chi connectivity index (χ1n) is 7.26. The zero-order valence-corrected chi connectivity index (χ0v) is 13.3. The Kier molecular flexibility index (Phi) is 3.43. The quantitative estimate of drug-likeness (QED) is 0.700. The number of nitrogens with zero attached hydrogens (tertiary/aromatic N) is 4. The highest BCUT2D eigenvalue weighted by Gasteiger charge is 2.18. The van der Waals surface area contributed by atoms with Crippen molar-refractivity contribution in [3.8, 4) is 5.69 Å². The fourth-order valence-electron chi connectivity index (χ4n) is 2.93. The van der Waals surface area contributed by atoms with E-state index in [1.165, 1.54) is 12.8 Å². The van der Waals surface area contributed by atoms with Gasteiger partial charge in [-0.25, -0.2) is 9.97 Å². The molecule has 4 rings (SSSR count). The van der Waals surface area contributed by atoms with Gasteiger partial charge >= 0.3 is 0 Å². The summed E-state index contributed by atoms with van der Waals surface area (Å²) in [6, 6.07) is 5.86. The fraction of sp³-hybridized carbons (Fsp3) is 0.250. The van der Waals surface area contributed by atoms with Gasteiger partial charge in [-0.3, -0.25) is 0 Å². The van der Waals surface area contributed by atoms with Crippen LogP contribution in [0.4, 0.5) is 5.82 Å². The van der Waals surface area contributed by atoms with Crippen LogP contribution in [0.25, 0.3) is 16.6 Å². The van der Waals surface area contributed by atoms with Gasteiger partial charge in [0.05, 0.1) is 27.6 Å². The van der Waals surface area contributed by atoms with Crippen molar-refractivity contribution in [2.75, 3.05) is 18.0 Å². The first kappa shape index (κ1) is 13.9. The first-order chi connectivity index (χ1) is 10.7. The lowest BCUT2D eigenvalue weighted by Gasteiger charge is -2.19. The van der Waals surface area contributed by atoms with Gasteiger partial charge in [0.1, 0.15) is 5.82 Å². The van der Waals surface area contributed by atoms with E-state index in [4.69, 9.17) is 28.2 Å². The molecular weight excluding hydrogens is 319 g/mol. The molecule has 6 heteroatoms. The van der Waals surface area contributed by atoms with Crippen molar-refractivity contribution in [1.29, 1.82) is 0 Å². The molecule has 0 radical (unpaired) electrons. The van der Waals surface area contributed by atoms with E-state index in [2.05, 4.69) is 16.0 Å². The molecule has 1 saturated heterocycles. The average molecular weight is 333 g/mol. The lowest BCUT2D eigenvalue weighted by Crippen LogP contribution is -2.19. The molecule has 112 valence electrons. The van der Waals surface area contributed by atoms with Crippen LogP contribution in [0, 0.1) is 0 Å². The molecule has 2 aromatic heterocycles. The van der Waals surface area contributed by atoms with Crippen molar-refractivity contribution in [1.82, 2.24) is 14.5 Å². The molecule has 0 aliphatic carbocycles. The van der Waals surface area contributed by atoms with Crippen LogP contribution in [-0.4, -0.2) is 27.6 Å². The van der Waals surface area contributed by atoms with Crippen LogP contribution in [0.1, 0.15) is 12.8 Å². The monoisotopic (exact) mass is 332 g/mol. The van der Waals surface area contributed by atoms with Crippen LogP contribution >= 0.6 is 23.2 Å². The SMILES string of the molecule is Clc1ccc2c(-n3ccnc3)cc(N3CCCC3)nc2c1Cl. The van der Waals surface area contributed by atoms with E-state index in [0.29, 0.717) is 10.0 Å². The van der Waals surface area contributed by atoms with Gasteiger partial charge in [-0.15, -0.1) is 0 Å². The molecule has 3 heterocycles. The lowest BCUT2D eigenvalue weighted by atomic mass is 10.1. The molecule has 0 bridgehead atoms. The van der Waals surface area contributed by atoms with Crippen molar-refractivity contribution in [2.45, 2.75) is 12.8 Å². The van der Waals surface area contributed by atoms with Crippen LogP contribution in [0.5, 0.6) is 0 Å². The van der Waals surface area contributed by atoms with E-state index in [-0.39, 0.29) is 0 Å². The third-order valence-electron chi connectivity index (χ3n) is 4.05. The Morgan fingerprint density at radius 1 is 1.09 bits per heavy atom. The average Bonchev–Trinajstić information content (AvgIpc) is 3.23. The lowest BCUT2D eigenvalue weighted by molar-refractivity contribution is 0.938. The molecule has 0 amide bonds. The second-order valence-electron chi connectivity index (χ2n) is 5.42. The number of imidazole rings is 1. The molecule has 0 saturated carbocycles. The molecule has 22 heavy (non-hydrogen) atoms. The molecule has 0 atom stereocenters. The number of pyridine rings is 1. The second-order valence-corrected chi connectivity index (χ2v) is 6.21. The van der Waals surface area contributed by atoms with Gasteiger partial charge in [-0.1, -0.05) is 23.2 Å². The van der Waals surface area contributed by atoms with Crippen molar-refractivity contribution in [2.24, 2.45) is 0 Å². The maximum Gasteiger partial charge on any atom is 0.131 e. The Morgan fingerprint density at radius 2 is 1.91 bits per heavy atom. The Balaban J connectivity index is 2.01. The number of anilines is 1. The minimum atomic E-state index is 0.501. The summed E-state index contributed by atoms with van der Waals surface area (Å²) in [4.78, 5) is 11.2. The number of rotatable bonds is 2. The van der Waals surface area contributed by atoms with Crippen LogP contribution in [0.15, 0.2) is 36.9 Å². The van der Waals surface area contributed by atoms with Crippen LogP contribution in [0.2, 0.25) is 10.0 Å². The highest BCUT2D eigenvalue weighted by Crippen LogP contribution is 2.35. The second kappa shape index (κ2) is 5.45. The summed E-state index contributed by atoms with van der Waals surface area (Å²) in [5.74, 6) is 0.942. The van der Waals surface area contributed by atoms with E-state index in [0.717, 1.165) is 35.5 Å². The van der Waals surface area contributed by atoms with Crippen molar-refractivity contribution < 1.29 is 0 Å². The number of hydrogen-bond donors (Lipinski definition) is 0. The van der Waals surface area contributed by atoms with Gasteiger partial charge in [0.15, 0.2) is 0 Å². The van der Waals surface area contributed by atoms with E-state index < -0.39 is 0 Å². The van der Waals surface area contributed by atoms with Crippen molar-refractivity contribution in [3.63, 3.8) is 0 Å². The van der Waals surface area contributed by atoms with Crippen molar-refractivity contribution in [3.05, 3.63) is 47.0 Å². The number of benzene rings is 1. The zero-order valence-electron chi connectivity index (χ0n) is 11.8. The Morgan fingerprint density at radius 3 is 2.64 bits per heavy atom. The topological polar surface area (TPSA) is 34.0 Å². The minimum absolute atomic E-state index is 0.501. The van der Waals surface area contributed by atoms with Crippen molar-refractivity contribution >= 4 is 39.9 Å². The summed E-state index contributed by atoms with van der Waals surface area (Å²) in [6.07, 6.45) is 7.86. The third kappa shape index (κ3) is 2.23. The van der Waals surface area contributed by atoms with Gasteiger partial charge in [-0.05, 0) is 25.0 Å². The summed E-state index contributed by atoms with van der Waals surface area (Å²) < 4.78 is 1.98. The number of aromatic nitrogens is 3. The molecule has 0 spiro atoms. The predicted molar refractivity (Wildman–Crippen MR) is 90.3 cm³/mol. The standard InChI is InChI=1S/C16H14Cl2N4/c17-12-4-3-11-13(22-8-5-19-10-22)9-14(20-16(11)15(12)18)21-6-1-2-7-21/h3-5,8-10H,1-2,6-7H2. The molecule has 0 unspecified atom stereocenters. The summed E-state index contributed by atoms with van der Waals surface area (Å²) in [5, 5.41) is 1.99. The van der Waals surface area contributed by atoms with E-state index in [1.54, 1.807) is 12.5 Å². The molecular formula is C16H14Cl2N4. The minimum Gasteiger partial charge on any atom is -0.357 e. The molecule has 1 aliphatic heterocycles. The highest BCUT2D eigenvalue weighted by molar-refractivity contribution is 6.45. The molecule has 0 N–H and O–H groups in total. The van der Waals surface area contributed by atoms with E-state index in [9.17, 15) is 0 Å². The summed E-state index contributed by atoms with van der Waals surface area (Å²) in [5.41, 5.74) is 1.75. The summed E-state index contributed by atoms with van der Waals surface area (Å²) in [6.45, 7) is 2.06. The molecule has 1 fully saturated rings. The Bertz CT molecular complexity index is 824. The maximum atomic E-state index is 6.40. The Labute approximate surface area is 138 Å². The predicted octanol–water partition coefficient (Wildman–Crippen LogP) is 4.33.